The summed E-state index contributed by atoms with van der Waals surface area (Å²) in [5.41, 5.74) is 0. The maximum atomic E-state index is 10.0. The summed E-state index contributed by atoms with van der Waals surface area (Å²) in [4.78, 5) is 48.7. The van der Waals surface area contributed by atoms with Gasteiger partial charge in [0.1, 0.15) is 0 Å². The van der Waals surface area contributed by atoms with Gasteiger partial charge in [-0.15, -0.1) is 0 Å². The number of hydrogen-bond acceptors (Lipinski definition) is 7. The van der Waals surface area contributed by atoms with E-state index in [1.54, 1.807) is 0 Å². The highest BCUT2D eigenvalue weighted by Gasteiger charge is 2.19. The molecule has 0 amide bonds. The van der Waals surface area contributed by atoms with Crippen molar-refractivity contribution in [2.75, 3.05) is 6.61 Å². The minimum Gasteiger partial charge on any atom is -0.481 e. The number of cyclic esters (lactones) is 2. The number of aliphatic hydroxyl groups excluding tert-OH is 1. The highest BCUT2D eigenvalue weighted by molar-refractivity contribution is 5.92. The SMILES string of the molecule is C.C.C.O=C(O)CCC(=O)O.O=C(O)CCO.O=C1CCC(=O)O1. The second-order valence-corrected chi connectivity index (χ2v) is 3.50. The molecule has 0 aromatic carbocycles. The summed E-state index contributed by atoms with van der Waals surface area (Å²) in [5, 5.41) is 31.4. The molecule has 0 spiro atoms. The van der Waals surface area contributed by atoms with Gasteiger partial charge in [-0.1, -0.05) is 22.3 Å². The van der Waals surface area contributed by atoms with Crippen molar-refractivity contribution in [3.8, 4) is 0 Å². The average molecular weight is 356 g/mol. The Morgan fingerprint density at radius 3 is 1.12 bits per heavy atom. The highest BCUT2D eigenvalue weighted by atomic mass is 16.6. The van der Waals surface area contributed by atoms with E-state index in [2.05, 4.69) is 4.74 Å². The molecule has 0 radical (unpaired) electrons. The van der Waals surface area contributed by atoms with E-state index in [9.17, 15) is 24.0 Å². The molecule has 4 N–H and O–H groups in total. The van der Waals surface area contributed by atoms with Crippen molar-refractivity contribution in [3.05, 3.63) is 0 Å². The summed E-state index contributed by atoms with van der Waals surface area (Å²) in [6.07, 6.45) is -0.220. The maximum absolute atomic E-state index is 10.0. The number of aliphatic hydroxyl groups is 1. The summed E-state index contributed by atoms with van der Waals surface area (Å²) in [7, 11) is 0. The second-order valence-electron chi connectivity index (χ2n) is 3.50. The standard InChI is InChI=1S/C4H6O4.C4H4O3.C3H6O3.3CH4/c5-3(6)1-2-4(7)8;5-3-1-2-4(6)7-3;4-2-1-3(5)6;;;/h1-2H2,(H,5,6)(H,7,8);1-2H2;4H,1-2H2,(H,5,6);3*1H4. The van der Waals surface area contributed by atoms with Crippen molar-refractivity contribution < 1.29 is 49.1 Å². The predicted octanol–water partition coefficient (Wildman–Crippen LogP) is 1.15. The molecule has 0 aromatic heterocycles. The minimum absolute atomic E-state index is 0. The predicted molar refractivity (Wildman–Crippen MR) is 84.4 cm³/mol. The van der Waals surface area contributed by atoms with Crippen LogP contribution in [0.1, 0.15) is 54.4 Å². The Balaban J connectivity index is -0.0000000714. The van der Waals surface area contributed by atoms with Crippen molar-refractivity contribution in [1.82, 2.24) is 0 Å². The molecular formula is C14H28O10. The monoisotopic (exact) mass is 356 g/mol. The van der Waals surface area contributed by atoms with Crippen LogP contribution in [0.3, 0.4) is 0 Å². The molecular weight excluding hydrogens is 328 g/mol. The van der Waals surface area contributed by atoms with Crippen LogP contribution in [0.25, 0.3) is 0 Å². The number of carbonyl (C=O) groups excluding carboxylic acids is 2. The topological polar surface area (TPSA) is 175 Å². The number of carboxylic acids is 3. The smallest absolute Gasteiger partial charge is 0.314 e. The molecule has 1 rings (SSSR count). The van der Waals surface area contributed by atoms with Gasteiger partial charge in [0.15, 0.2) is 0 Å². The van der Waals surface area contributed by atoms with Crippen LogP contribution < -0.4 is 0 Å². The first-order chi connectivity index (χ1) is 9.68. The Kier molecular flexibility index (Phi) is 28.4. The molecule has 1 fully saturated rings. The lowest BCUT2D eigenvalue weighted by atomic mass is 10.3. The molecule has 1 heterocycles. The Morgan fingerprint density at radius 2 is 1.04 bits per heavy atom. The van der Waals surface area contributed by atoms with Crippen molar-refractivity contribution in [1.29, 1.82) is 0 Å². The van der Waals surface area contributed by atoms with E-state index in [0.717, 1.165) is 0 Å². The first-order valence-corrected chi connectivity index (χ1v) is 5.68. The van der Waals surface area contributed by atoms with Gasteiger partial charge in [-0.05, 0) is 0 Å². The van der Waals surface area contributed by atoms with Crippen molar-refractivity contribution >= 4 is 29.8 Å². The lowest BCUT2D eigenvalue weighted by molar-refractivity contribution is -0.152. The van der Waals surface area contributed by atoms with E-state index in [-0.39, 0.29) is 61.0 Å². The third kappa shape index (κ3) is 31.7. The van der Waals surface area contributed by atoms with Crippen LogP contribution in [-0.4, -0.2) is 56.9 Å². The summed E-state index contributed by atoms with van der Waals surface area (Å²) in [5.74, 6) is -3.91. The van der Waals surface area contributed by atoms with Gasteiger partial charge in [0.25, 0.3) is 0 Å². The molecule has 0 aromatic rings. The lowest BCUT2D eigenvalue weighted by Gasteiger charge is -1.85. The molecule has 0 aliphatic carbocycles. The molecule has 10 heteroatoms. The first kappa shape index (κ1) is 33.2. The summed E-state index contributed by atoms with van der Waals surface area (Å²) in [6, 6.07) is 0. The molecule has 1 aliphatic heterocycles. The maximum Gasteiger partial charge on any atom is 0.314 e. The normalized spacial score (nSPS) is 10.7. The molecule has 144 valence electrons. The largest absolute Gasteiger partial charge is 0.481 e. The van der Waals surface area contributed by atoms with E-state index in [0.29, 0.717) is 0 Å². The van der Waals surface area contributed by atoms with Crippen LogP contribution in [0.4, 0.5) is 0 Å². The van der Waals surface area contributed by atoms with E-state index >= 15 is 0 Å². The number of ether oxygens (including phenoxy) is 1. The average Bonchev–Trinajstić information content (AvgIpc) is 2.72. The number of carbonyl (C=O) groups is 5. The number of hydrogen-bond donors (Lipinski definition) is 4. The zero-order valence-corrected chi connectivity index (χ0v) is 11.0. The molecule has 24 heavy (non-hydrogen) atoms. The third-order valence-electron chi connectivity index (χ3n) is 1.64. The van der Waals surface area contributed by atoms with Crippen LogP contribution >= 0.6 is 0 Å². The summed E-state index contributed by atoms with van der Waals surface area (Å²) < 4.78 is 4.08. The third-order valence-corrected chi connectivity index (χ3v) is 1.64. The molecule has 1 aliphatic rings. The van der Waals surface area contributed by atoms with Gasteiger partial charge in [-0.2, -0.15) is 0 Å². The van der Waals surface area contributed by atoms with Gasteiger partial charge in [0.2, 0.25) is 0 Å². The molecule has 0 atom stereocenters. The van der Waals surface area contributed by atoms with Crippen LogP contribution in [0, 0.1) is 0 Å². The lowest BCUT2D eigenvalue weighted by Crippen LogP contribution is -2.00. The first-order valence-electron chi connectivity index (χ1n) is 5.68. The molecule has 0 unspecified atom stereocenters. The summed E-state index contributed by atoms with van der Waals surface area (Å²) >= 11 is 0. The van der Waals surface area contributed by atoms with Crippen molar-refractivity contribution in [2.24, 2.45) is 0 Å². The van der Waals surface area contributed by atoms with Gasteiger partial charge in [0, 0.05) is 0 Å². The Bertz CT molecular complexity index is 361. The number of esters is 2. The van der Waals surface area contributed by atoms with Gasteiger partial charge >= 0.3 is 29.8 Å². The van der Waals surface area contributed by atoms with E-state index in [1.165, 1.54) is 0 Å². The minimum atomic E-state index is -1.08. The van der Waals surface area contributed by atoms with E-state index in [1.807, 2.05) is 0 Å². The Labute approximate surface area is 141 Å². The van der Waals surface area contributed by atoms with Crippen LogP contribution in [-0.2, 0) is 28.7 Å². The molecule has 0 saturated carbocycles. The highest BCUT2D eigenvalue weighted by Crippen LogP contribution is 2.03. The fourth-order valence-corrected chi connectivity index (χ4v) is 0.743. The molecule has 1 saturated heterocycles. The number of carboxylic acid groups (broad SMARTS) is 3. The Hall–Kier alpha value is -2.49. The van der Waals surface area contributed by atoms with Gasteiger partial charge in [0.05, 0.1) is 38.7 Å². The Morgan fingerprint density at radius 1 is 0.750 bits per heavy atom. The van der Waals surface area contributed by atoms with Gasteiger partial charge in [-0.3, -0.25) is 24.0 Å². The van der Waals surface area contributed by atoms with Crippen LogP contribution in [0.2, 0.25) is 0 Å². The van der Waals surface area contributed by atoms with Crippen molar-refractivity contribution in [2.45, 2.75) is 54.4 Å². The molecule has 0 bridgehead atoms. The zero-order valence-electron chi connectivity index (χ0n) is 11.0. The zero-order chi connectivity index (χ0) is 16.8. The fraction of sp³-hybridized carbons (Fsp3) is 0.643. The quantitative estimate of drug-likeness (QED) is 0.413. The second kappa shape index (κ2) is 20.5. The summed E-state index contributed by atoms with van der Waals surface area (Å²) in [6.45, 7) is -0.269. The fourth-order valence-electron chi connectivity index (χ4n) is 0.743. The van der Waals surface area contributed by atoms with Crippen LogP contribution in [0.15, 0.2) is 0 Å². The van der Waals surface area contributed by atoms with E-state index in [4.69, 9.17) is 20.4 Å². The number of rotatable bonds is 5. The van der Waals surface area contributed by atoms with Crippen LogP contribution in [0.5, 0.6) is 0 Å². The molecule has 10 nitrogen and oxygen atoms in total. The van der Waals surface area contributed by atoms with Crippen molar-refractivity contribution in [3.63, 3.8) is 0 Å². The van der Waals surface area contributed by atoms with E-state index < -0.39 is 29.8 Å². The van der Waals surface area contributed by atoms with Gasteiger partial charge < -0.3 is 25.2 Å². The van der Waals surface area contributed by atoms with Gasteiger partial charge in [-0.25, -0.2) is 0 Å². The number of aliphatic carboxylic acids is 3.